The SMILES string of the molecule is C#Cc1ncccc1C(N)=O.Cl.c1cc2cc-2c1. The lowest BCUT2D eigenvalue weighted by molar-refractivity contribution is 0.0999. The monoisotopic (exact) mass is 258 g/mol. The molecule has 0 unspecified atom stereocenters. The third-order valence-corrected chi connectivity index (χ3v) is 2.32. The van der Waals surface area contributed by atoms with Gasteiger partial charge in [-0.25, -0.2) is 4.98 Å². The van der Waals surface area contributed by atoms with Crippen LogP contribution in [-0.4, -0.2) is 10.9 Å². The maximum Gasteiger partial charge on any atom is 0.251 e. The highest BCUT2D eigenvalue weighted by Gasteiger charge is 2.07. The number of aromatic nitrogens is 1. The van der Waals surface area contributed by atoms with Gasteiger partial charge in [0.05, 0.1) is 5.56 Å². The normalized spacial score (nSPS) is 9.06. The fourth-order valence-electron chi connectivity index (χ4n) is 1.39. The molecule has 0 saturated heterocycles. The largest absolute Gasteiger partial charge is 0.366 e. The summed E-state index contributed by atoms with van der Waals surface area (Å²) in [4.78, 5) is 14.4. The zero-order chi connectivity index (χ0) is 12.3. The Balaban J connectivity index is 0.000000194. The van der Waals surface area contributed by atoms with E-state index in [1.807, 2.05) is 0 Å². The van der Waals surface area contributed by atoms with Crippen LogP contribution >= 0.6 is 12.4 Å². The molecule has 90 valence electrons. The van der Waals surface area contributed by atoms with Crippen molar-refractivity contribution in [1.82, 2.24) is 4.98 Å². The zero-order valence-corrected chi connectivity index (χ0v) is 10.3. The van der Waals surface area contributed by atoms with Crippen LogP contribution in [0.5, 0.6) is 0 Å². The van der Waals surface area contributed by atoms with Gasteiger partial charge < -0.3 is 5.73 Å². The van der Waals surface area contributed by atoms with Crippen LogP contribution in [0.25, 0.3) is 11.1 Å². The molecule has 0 spiro atoms. The second kappa shape index (κ2) is 5.85. The molecule has 0 fully saturated rings. The Bertz CT molecular complexity index is 600. The molecule has 0 aromatic carbocycles. The highest BCUT2D eigenvalue weighted by molar-refractivity contribution is 5.94. The minimum atomic E-state index is -0.550. The summed E-state index contributed by atoms with van der Waals surface area (Å²) in [5.74, 6) is 1.72. The van der Waals surface area contributed by atoms with Crippen LogP contribution in [0.15, 0.2) is 42.6 Å². The number of amides is 1. The quantitative estimate of drug-likeness (QED) is 0.681. The van der Waals surface area contributed by atoms with Gasteiger partial charge in [-0.1, -0.05) is 18.2 Å². The predicted molar refractivity (Wildman–Crippen MR) is 73.4 cm³/mol. The van der Waals surface area contributed by atoms with E-state index in [2.05, 4.69) is 35.2 Å². The molecule has 2 N–H and O–H groups in total. The molecule has 0 saturated carbocycles. The third-order valence-electron chi connectivity index (χ3n) is 2.32. The zero-order valence-electron chi connectivity index (χ0n) is 9.46. The number of pyridine rings is 1. The molecular weight excluding hydrogens is 248 g/mol. The number of benzene rings is 1. The number of fused-ring (bicyclic) bond motifs is 1. The highest BCUT2D eigenvalue weighted by atomic mass is 35.5. The predicted octanol–water partition coefficient (Wildman–Crippen LogP) is 2.25. The molecular formula is C14H11ClN2O. The molecule has 1 heterocycles. The number of primary amides is 1. The number of nitrogens with zero attached hydrogens (tertiary/aromatic N) is 1. The molecule has 1 aromatic heterocycles. The third kappa shape index (κ3) is 3.09. The van der Waals surface area contributed by atoms with E-state index in [4.69, 9.17) is 12.2 Å². The lowest BCUT2D eigenvalue weighted by atomic mass is 10.2. The van der Waals surface area contributed by atoms with Crippen molar-refractivity contribution in [2.45, 2.75) is 0 Å². The van der Waals surface area contributed by atoms with Crippen LogP contribution in [0.4, 0.5) is 0 Å². The maximum atomic E-state index is 10.7. The Kier molecular flexibility index (Phi) is 4.47. The first-order valence-electron chi connectivity index (χ1n) is 5.04. The number of carbonyl (C=O) groups excluding carboxylic acids is 1. The number of halogens is 1. The van der Waals surface area contributed by atoms with Crippen molar-refractivity contribution in [1.29, 1.82) is 0 Å². The molecule has 3 rings (SSSR count). The first-order chi connectivity index (χ1) is 8.22. The number of hydrogen-bond donors (Lipinski definition) is 1. The number of rotatable bonds is 1. The van der Waals surface area contributed by atoms with Crippen molar-refractivity contribution >= 4 is 18.3 Å². The van der Waals surface area contributed by atoms with Gasteiger partial charge in [0, 0.05) is 6.20 Å². The molecule has 2 aliphatic carbocycles. The van der Waals surface area contributed by atoms with Crippen molar-refractivity contribution in [2.24, 2.45) is 5.73 Å². The smallest absolute Gasteiger partial charge is 0.251 e. The highest BCUT2D eigenvalue weighted by Crippen LogP contribution is 2.32. The Hall–Kier alpha value is -2.31. The average Bonchev–Trinajstić information content (AvgIpc) is 2.96. The van der Waals surface area contributed by atoms with E-state index in [0.29, 0.717) is 5.69 Å². The average molecular weight is 259 g/mol. The number of terminal acetylenes is 1. The molecule has 0 aliphatic heterocycles. The second-order valence-corrected chi connectivity index (χ2v) is 3.49. The summed E-state index contributed by atoms with van der Waals surface area (Å²) in [6, 6.07) is 11.6. The fourth-order valence-corrected chi connectivity index (χ4v) is 1.39. The summed E-state index contributed by atoms with van der Waals surface area (Å²) in [7, 11) is 0. The van der Waals surface area contributed by atoms with Gasteiger partial charge in [-0.2, -0.15) is 0 Å². The summed E-state index contributed by atoms with van der Waals surface area (Å²) in [6.07, 6.45) is 6.58. The molecule has 0 bridgehead atoms. The molecule has 2 aliphatic rings. The lowest BCUT2D eigenvalue weighted by Crippen LogP contribution is -2.13. The van der Waals surface area contributed by atoms with Crippen molar-refractivity contribution in [3.63, 3.8) is 0 Å². The number of nitrogens with two attached hydrogens (primary N) is 1. The summed E-state index contributed by atoms with van der Waals surface area (Å²) < 4.78 is 0. The number of carbonyl (C=O) groups is 1. The lowest BCUT2D eigenvalue weighted by Gasteiger charge is -1.95. The molecule has 1 aromatic rings. The van der Waals surface area contributed by atoms with Gasteiger partial charge in [0.2, 0.25) is 0 Å². The van der Waals surface area contributed by atoms with Crippen LogP contribution < -0.4 is 5.73 Å². The van der Waals surface area contributed by atoms with Gasteiger partial charge >= 0.3 is 0 Å². The standard InChI is InChI=1S/C8H6N2O.C6H4.ClH/c1-2-7-6(8(9)11)4-3-5-10-7;1-2-5-4-6(5)3-1;/h1,3-5H,(H2,9,11);1-4H;1H. The van der Waals surface area contributed by atoms with Crippen LogP contribution in [0, 0.1) is 12.3 Å². The Labute approximate surface area is 111 Å². The molecule has 3 nitrogen and oxygen atoms in total. The fraction of sp³-hybridized carbons (Fsp3) is 0. The first-order valence-corrected chi connectivity index (χ1v) is 5.04. The molecule has 0 radical (unpaired) electrons. The molecule has 0 atom stereocenters. The van der Waals surface area contributed by atoms with Gasteiger partial charge in [0.1, 0.15) is 5.69 Å². The van der Waals surface area contributed by atoms with Gasteiger partial charge in [0.15, 0.2) is 0 Å². The molecule has 4 heteroatoms. The summed E-state index contributed by atoms with van der Waals surface area (Å²) in [6.45, 7) is 0. The van der Waals surface area contributed by atoms with Gasteiger partial charge in [0.25, 0.3) is 5.91 Å². The maximum absolute atomic E-state index is 10.7. The Morgan fingerprint density at radius 3 is 2.22 bits per heavy atom. The summed E-state index contributed by atoms with van der Waals surface area (Å²) >= 11 is 0. The van der Waals surface area contributed by atoms with Gasteiger partial charge in [-0.3, -0.25) is 4.79 Å². The summed E-state index contributed by atoms with van der Waals surface area (Å²) in [5.41, 5.74) is 8.45. The van der Waals surface area contributed by atoms with Crippen molar-refractivity contribution < 1.29 is 4.79 Å². The van der Waals surface area contributed by atoms with Gasteiger partial charge in [-0.05, 0) is 35.2 Å². The van der Waals surface area contributed by atoms with Crippen LogP contribution in [-0.2, 0) is 0 Å². The molecule has 1 amide bonds. The van der Waals surface area contributed by atoms with E-state index in [0.717, 1.165) is 0 Å². The van der Waals surface area contributed by atoms with Crippen molar-refractivity contribution in [3.05, 3.63) is 53.9 Å². The van der Waals surface area contributed by atoms with Crippen LogP contribution in [0.3, 0.4) is 0 Å². The minimum absolute atomic E-state index is 0. The van der Waals surface area contributed by atoms with E-state index in [1.54, 1.807) is 12.1 Å². The van der Waals surface area contributed by atoms with Crippen LogP contribution in [0.1, 0.15) is 16.1 Å². The van der Waals surface area contributed by atoms with E-state index < -0.39 is 5.91 Å². The molecule has 18 heavy (non-hydrogen) atoms. The number of hydrogen-bond acceptors (Lipinski definition) is 2. The topological polar surface area (TPSA) is 56.0 Å². The van der Waals surface area contributed by atoms with Crippen molar-refractivity contribution in [2.75, 3.05) is 0 Å². The van der Waals surface area contributed by atoms with E-state index in [1.165, 1.54) is 17.3 Å². The van der Waals surface area contributed by atoms with Crippen LogP contribution in [0.2, 0.25) is 0 Å². The Morgan fingerprint density at radius 1 is 1.22 bits per heavy atom. The Morgan fingerprint density at radius 2 is 1.89 bits per heavy atom. The first kappa shape index (κ1) is 13.8. The second-order valence-electron chi connectivity index (χ2n) is 3.49. The van der Waals surface area contributed by atoms with Crippen molar-refractivity contribution in [3.8, 4) is 23.5 Å². The van der Waals surface area contributed by atoms with Gasteiger partial charge in [-0.15, -0.1) is 18.8 Å². The van der Waals surface area contributed by atoms with E-state index in [9.17, 15) is 4.79 Å². The van der Waals surface area contributed by atoms with E-state index >= 15 is 0 Å². The van der Waals surface area contributed by atoms with E-state index in [-0.39, 0.29) is 18.0 Å². The summed E-state index contributed by atoms with van der Waals surface area (Å²) in [5, 5.41) is 0. The minimum Gasteiger partial charge on any atom is -0.366 e.